The van der Waals surface area contributed by atoms with Crippen molar-refractivity contribution in [2.24, 2.45) is 0 Å². The predicted octanol–water partition coefficient (Wildman–Crippen LogP) is 13.3. The number of benzene rings is 8. The Balaban J connectivity index is 1.51. The highest BCUT2D eigenvalue weighted by atomic mass is 14.4. The van der Waals surface area contributed by atoms with Crippen LogP contribution >= 0.6 is 0 Å². The molecule has 0 spiro atoms. The van der Waals surface area contributed by atoms with Gasteiger partial charge in [-0.2, -0.15) is 0 Å². The van der Waals surface area contributed by atoms with E-state index in [0.29, 0.717) is 0 Å². The number of hydrogen-bond acceptors (Lipinski definition) is 0. The lowest BCUT2D eigenvalue weighted by molar-refractivity contribution is 1.47. The Hall–Kier alpha value is -6.24. The minimum absolute atomic E-state index is 1.21. The van der Waals surface area contributed by atoms with Gasteiger partial charge >= 0.3 is 0 Å². The summed E-state index contributed by atoms with van der Waals surface area (Å²) in [5.41, 5.74) is 20.2. The van der Waals surface area contributed by atoms with Gasteiger partial charge in [-0.1, -0.05) is 194 Å². The van der Waals surface area contributed by atoms with Crippen LogP contribution in [-0.4, -0.2) is 0 Å². The van der Waals surface area contributed by atoms with Crippen molar-refractivity contribution in [2.75, 3.05) is 0 Å². The second-order valence-corrected chi connectivity index (χ2v) is 12.4. The molecule has 9 rings (SSSR count). The van der Waals surface area contributed by atoms with Crippen LogP contribution in [0.25, 0.3) is 89.0 Å². The van der Waals surface area contributed by atoms with Gasteiger partial charge in [0, 0.05) is 0 Å². The summed E-state index contributed by atoms with van der Waals surface area (Å²) in [6, 6.07) is 70.4. The summed E-state index contributed by atoms with van der Waals surface area (Å²) >= 11 is 0. The Morgan fingerprint density at radius 2 is 0.417 bits per heavy atom. The van der Waals surface area contributed by atoms with E-state index in [4.69, 9.17) is 0 Å². The predicted molar refractivity (Wildman–Crippen MR) is 203 cm³/mol. The summed E-state index contributed by atoms with van der Waals surface area (Å²) in [6.45, 7) is 0. The van der Waals surface area contributed by atoms with Crippen LogP contribution in [0.5, 0.6) is 0 Å². The van der Waals surface area contributed by atoms with E-state index in [-0.39, 0.29) is 0 Å². The van der Waals surface area contributed by atoms with Crippen LogP contribution in [0, 0.1) is 0 Å². The molecule has 0 heterocycles. The molecule has 0 amide bonds. The zero-order valence-electron chi connectivity index (χ0n) is 26.5. The van der Waals surface area contributed by atoms with Crippen molar-refractivity contribution in [3.8, 4) is 89.0 Å². The number of rotatable bonds is 6. The Morgan fingerprint density at radius 3 is 0.792 bits per heavy atom. The van der Waals surface area contributed by atoms with Crippen LogP contribution in [0.2, 0.25) is 0 Å². The molecular formula is C48H32. The van der Waals surface area contributed by atoms with Crippen LogP contribution in [-0.2, 0) is 0 Å². The van der Waals surface area contributed by atoms with E-state index in [2.05, 4.69) is 194 Å². The molecule has 1 aliphatic rings. The molecule has 0 radical (unpaired) electrons. The molecule has 0 unspecified atom stereocenters. The monoisotopic (exact) mass is 608 g/mol. The Kier molecular flexibility index (Phi) is 6.91. The number of fused-ring (bicyclic) bond motifs is 4. The zero-order chi connectivity index (χ0) is 31.9. The van der Waals surface area contributed by atoms with E-state index in [1.165, 1.54) is 89.0 Å². The fourth-order valence-electron chi connectivity index (χ4n) is 7.61. The van der Waals surface area contributed by atoms with Gasteiger partial charge in [-0.3, -0.25) is 0 Å². The van der Waals surface area contributed by atoms with Crippen molar-refractivity contribution in [1.29, 1.82) is 0 Å². The SMILES string of the molecule is c1ccc(-c2ccc3c(c2-c2ccccc2)-c2c(-c4ccccc4)c(-c4ccccc4)c(-c4ccccc4)c(-c4ccccc4)c2-3)cc1. The first-order valence-electron chi connectivity index (χ1n) is 16.6. The summed E-state index contributed by atoms with van der Waals surface area (Å²) in [5, 5.41) is 0. The van der Waals surface area contributed by atoms with Crippen LogP contribution in [0.3, 0.4) is 0 Å². The summed E-state index contributed by atoms with van der Waals surface area (Å²) in [7, 11) is 0. The molecule has 0 aromatic heterocycles. The van der Waals surface area contributed by atoms with Gasteiger partial charge in [0.25, 0.3) is 0 Å². The highest BCUT2D eigenvalue weighted by molar-refractivity contribution is 6.25. The maximum atomic E-state index is 2.37. The van der Waals surface area contributed by atoms with Crippen molar-refractivity contribution >= 4 is 0 Å². The minimum Gasteiger partial charge on any atom is -0.0622 e. The van der Waals surface area contributed by atoms with Crippen molar-refractivity contribution in [2.45, 2.75) is 0 Å². The molecule has 8 aromatic carbocycles. The standard InChI is InChI=1S/C48H32/c1-7-19-33(20-8-1)39-31-32-40-46(41(39)34-21-9-2-10-22-34)48-45(38-29-17-6-18-30-38)43(36-25-13-4-14-26-36)42(35-23-11-3-12-24-35)44(47(40)48)37-27-15-5-16-28-37/h1-32H. The van der Waals surface area contributed by atoms with Crippen LogP contribution < -0.4 is 0 Å². The van der Waals surface area contributed by atoms with Gasteiger partial charge < -0.3 is 0 Å². The average Bonchev–Trinajstić information content (AvgIpc) is 3.17. The molecule has 0 nitrogen and oxygen atoms in total. The molecule has 1 aliphatic carbocycles. The summed E-state index contributed by atoms with van der Waals surface area (Å²) in [4.78, 5) is 0. The molecule has 0 fully saturated rings. The highest BCUT2D eigenvalue weighted by Gasteiger charge is 2.37. The van der Waals surface area contributed by atoms with Crippen LogP contribution in [0.4, 0.5) is 0 Å². The van der Waals surface area contributed by atoms with Crippen LogP contribution in [0.1, 0.15) is 0 Å². The van der Waals surface area contributed by atoms with Gasteiger partial charge in [0.1, 0.15) is 0 Å². The van der Waals surface area contributed by atoms with Crippen molar-refractivity contribution in [3.63, 3.8) is 0 Å². The first kappa shape index (κ1) is 28.0. The Bertz CT molecular complexity index is 2380. The summed E-state index contributed by atoms with van der Waals surface area (Å²) in [5.74, 6) is 0. The lowest BCUT2D eigenvalue weighted by Crippen LogP contribution is -2.10. The first-order valence-corrected chi connectivity index (χ1v) is 16.6. The lowest BCUT2D eigenvalue weighted by atomic mass is 9.65. The Morgan fingerprint density at radius 1 is 0.146 bits per heavy atom. The lowest BCUT2D eigenvalue weighted by Gasteiger charge is -2.37. The first-order chi connectivity index (χ1) is 23.9. The minimum atomic E-state index is 1.21. The van der Waals surface area contributed by atoms with Gasteiger partial charge in [-0.05, 0) is 89.0 Å². The van der Waals surface area contributed by atoms with Gasteiger partial charge in [0.2, 0.25) is 0 Å². The Labute approximate surface area is 282 Å². The van der Waals surface area contributed by atoms with Gasteiger partial charge in [-0.25, -0.2) is 0 Å². The zero-order valence-corrected chi connectivity index (χ0v) is 26.5. The van der Waals surface area contributed by atoms with E-state index in [1.54, 1.807) is 0 Å². The molecule has 0 heteroatoms. The fraction of sp³-hybridized carbons (Fsp3) is 0. The topological polar surface area (TPSA) is 0 Å². The molecule has 48 heavy (non-hydrogen) atoms. The molecule has 0 saturated heterocycles. The molecule has 0 N–H and O–H groups in total. The van der Waals surface area contributed by atoms with Gasteiger partial charge in [0.05, 0.1) is 0 Å². The maximum Gasteiger partial charge on any atom is -0.0000933 e. The molecular weight excluding hydrogens is 577 g/mol. The van der Waals surface area contributed by atoms with E-state index in [9.17, 15) is 0 Å². The molecule has 0 atom stereocenters. The second-order valence-electron chi connectivity index (χ2n) is 12.4. The van der Waals surface area contributed by atoms with E-state index >= 15 is 0 Å². The fourth-order valence-corrected chi connectivity index (χ4v) is 7.61. The van der Waals surface area contributed by atoms with Gasteiger partial charge in [-0.15, -0.1) is 0 Å². The molecule has 0 bridgehead atoms. The second kappa shape index (κ2) is 11.8. The third-order valence-corrected chi connectivity index (χ3v) is 9.62. The molecule has 8 aromatic rings. The normalized spacial score (nSPS) is 11.3. The van der Waals surface area contributed by atoms with Gasteiger partial charge in [0.15, 0.2) is 0 Å². The van der Waals surface area contributed by atoms with Crippen molar-refractivity contribution in [1.82, 2.24) is 0 Å². The average molecular weight is 609 g/mol. The van der Waals surface area contributed by atoms with E-state index < -0.39 is 0 Å². The molecule has 0 saturated carbocycles. The molecule has 224 valence electrons. The third kappa shape index (κ3) is 4.54. The smallest absolute Gasteiger partial charge is 0.0000933 e. The van der Waals surface area contributed by atoms with Crippen molar-refractivity contribution in [3.05, 3.63) is 194 Å². The molecule has 0 aliphatic heterocycles. The van der Waals surface area contributed by atoms with Crippen molar-refractivity contribution < 1.29 is 0 Å². The van der Waals surface area contributed by atoms with E-state index in [0.717, 1.165) is 0 Å². The summed E-state index contributed by atoms with van der Waals surface area (Å²) in [6.07, 6.45) is 0. The van der Waals surface area contributed by atoms with E-state index in [1.807, 2.05) is 0 Å². The largest absolute Gasteiger partial charge is 0.0622 e. The maximum absolute atomic E-state index is 2.37. The summed E-state index contributed by atoms with van der Waals surface area (Å²) < 4.78 is 0. The highest BCUT2D eigenvalue weighted by Crippen LogP contribution is 2.64. The third-order valence-electron chi connectivity index (χ3n) is 9.62. The quantitative estimate of drug-likeness (QED) is 0.176. The number of hydrogen-bond donors (Lipinski definition) is 0. The van der Waals surface area contributed by atoms with Crippen LogP contribution in [0.15, 0.2) is 194 Å².